The fourth-order valence-electron chi connectivity index (χ4n) is 2.55. The normalized spacial score (nSPS) is 26.2. The largest absolute Gasteiger partial charge is 0.394 e. The van der Waals surface area contributed by atoms with Gasteiger partial charge in [-0.25, -0.2) is 0 Å². The van der Waals surface area contributed by atoms with Crippen LogP contribution in [-0.2, 0) is 4.79 Å². The van der Waals surface area contributed by atoms with E-state index in [4.69, 9.17) is 0 Å². The molecule has 1 saturated carbocycles. The molecule has 1 aromatic heterocycles. The van der Waals surface area contributed by atoms with Gasteiger partial charge in [0.05, 0.1) is 17.9 Å². The number of thioether (sulfide) groups is 1. The minimum absolute atomic E-state index is 0.00425. The van der Waals surface area contributed by atoms with Crippen molar-refractivity contribution in [3.63, 3.8) is 0 Å². The highest BCUT2D eigenvalue weighted by Gasteiger charge is 2.34. The van der Waals surface area contributed by atoms with Crippen LogP contribution in [0.15, 0.2) is 29.4 Å². The van der Waals surface area contributed by atoms with Crippen molar-refractivity contribution in [1.82, 2.24) is 10.3 Å². The number of hydrogen-bond acceptors (Lipinski definition) is 4. The molecule has 4 nitrogen and oxygen atoms in total. The van der Waals surface area contributed by atoms with Gasteiger partial charge in [-0.1, -0.05) is 6.92 Å². The Hall–Kier alpha value is -1.07. The summed E-state index contributed by atoms with van der Waals surface area (Å²) in [5.41, 5.74) is -0.400. The molecular weight excluding hydrogens is 272 g/mol. The lowest BCUT2D eigenvalue weighted by molar-refractivity contribution is -0.121. The number of pyridine rings is 1. The van der Waals surface area contributed by atoms with Crippen molar-refractivity contribution in [2.24, 2.45) is 5.92 Å². The molecule has 0 bridgehead atoms. The lowest BCUT2D eigenvalue weighted by Crippen LogP contribution is -2.53. The molecule has 1 amide bonds. The van der Waals surface area contributed by atoms with Crippen LogP contribution in [0.2, 0.25) is 0 Å². The summed E-state index contributed by atoms with van der Waals surface area (Å²) in [6.07, 6.45) is 7.32. The first-order valence-corrected chi connectivity index (χ1v) is 8.07. The number of carbonyl (C=O) groups excluding carboxylic acids is 1. The van der Waals surface area contributed by atoms with Gasteiger partial charge < -0.3 is 10.4 Å². The monoisotopic (exact) mass is 294 g/mol. The van der Waals surface area contributed by atoms with Crippen LogP contribution >= 0.6 is 11.8 Å². The molecule has 1 aliphatic rings. The molecule has 0 atom stereocenters. The zero-order valence-electron chi connectivity index (χ0n) is 11.8. The summed E-state index contributed by atoms with van der Waals surface area (Å²) in [5.74, 6) is 1.06. The fraction of sp³-hybridized carbons (Fsp3) is 0.600. The quantitative estimate of drug-likeness (QED) is 0.818. The average Bonchev–Trinajstić information content (AvgIpc) is 2.49. The number of aliphatic hydroxyl groups is 1. The zero-order chi connectivity index (χ0) is 14.4. The Morgan fingerprint density at radius 3 is 2.70 bits per heavy atom. The fourth-order valence-corrected chi connectivity index (χ4v) is 3.24. The van der Waals surface area contributed by atoms with Crippen molar-refractivity contribution in [2.45, 2.75) is 43.0 Å². The molecule has 0 aromatic carbocycles. The predicted octanol–water partition coefficient (Wildman–Crippen LogP) is 2.23. The Balaban J connectivity index is 1.83. The lowest BCUT2D eigenvalue weighted by atomic mass is 9.77. The summed E-state index contributed by atoms with van der Waals surface area (Å²) in [7, 11) is 0. The molecule has 0 aliphatic heterocycles. The molecule has 1 aromatic rings. The van der Waals surface area contributed by atoms with Gasteiger partial charge in [-0.05, 0) is 43.7 Å². The van der Waals surface area contributed by atoms with Gasteiger partial charge in [0, 0.05) is 17.3 Å². The van der Waals surface area contributed by atoms with Gasteiger partial charge in [0.15, 0.2) is 0 Å². The Bertz CT molecular complexity index is 431. The highest BCUT2D eigenvalue weighted by molar-refractivity contribution is 8.00. The number of amides is 1. The molecule has 2 rings (SSSR count). The summed E-state index contributed by atoms with van der Waals surface area (Å²) in [6, 6.07) is 3.78. The molecule has 0 saturated heterocycles. The summed E-state index contributed by atoms with van der Waals surface area (Å²) < 4.78 is 0. The van der Waals surface area contributed by atoms with Crippen LogP contribution in [0.3, 0.4) is 0 Å². The van der Waals surface area contributed by atoms with E-state index in [1.165, 1.54) is 11.8 Å². The van der Waals surface area contributed by atoms with Crippen molar-refractivity contribution >= 4 is 17.7 Å². The van der Waals surface area contributed by atoms with Crippen LogP contribution < -0.4 is 5.32 Å². The minimum Gasteiger partial charge on any atom is -0.394 e. The SMILES string of the molecule is CC1CCC(CO)(NC(=O)CSc2ccncc2)CC1. The van der Waals surface area contributed by atoms with Gasteiger partial charge in [0.1, 0.15) is 0 Å². The van der Waals surface area contributed by atoms with Gasteiger partial charge >= 0.3 is 0 Å². The maximum Gasteiger partial charge on any atom is 0.230 e. The maximum atomic E-state index is 12.1. The molecule has 0 spiro atoms. The van der Waals surface area contributed by atoms with E-state index in [1.54, 1.807) is 12.4 Å². The first-order valence-electron chi connectivity index (χ1n) is 7.08. The Kier molecular flexibility index (Phi) is 5.43. The Morgan fingerprint density at radius 1 is 1.45 bits per heavy atom. The van der Waals surface area contributed by atoms with E-state index in [-0.39, 0.29) is 12.5 Å². The van der Waals surface area contributed by atoms with Crippen LogP contribution in [0.4, 0.5) is 0 Å². The first kappa shape index (κ1) is 15.3. The second kappa shape index (κ2) is 7.09. The number of nitrogens with one attached hydrogen (secondary N) is 1. The van der Waals surface area contributed by atoms with E-state index in [2.05, 4.69) is 17.2 Å². The standard InChI is InChI=1S/C15H22N2O2S/c1-12-2-6-15(11-18,7-3-12)17-14(19)10-20-13-4-8-16-9-5-13/h4-5,8-9,12,18H,2-3,6-7,10-11H2,1H3,(H,17,19). The van der Waals surface area contributed by atoms with Crippen molar-refractivity contribution in [3.8, 4) is 0 Å². The number of nitrogens with zero attached hydrogens (tertiary/aromatic N) is 1. The predicted molar refractivity (Wildman–Crippen MR) is 80.6 cm³/mol. The molecule has 2 N–H and O–H groups in total. The number of hydrogen-bond donors (Lipinski definition) is 2. The van der Waals surface area contributed by atoms with Gasteiger partial charge in [0.2, 0.25) is 5.91 Å². The molecule has 20 heavy (non-hydrogen) atoms. The Morgan fingerprint density at radius 2 is 2.10 bits per heavy atom. The number of rotatable bonds is 5. The third-order valence-electron chi connectivity index (χ3n) is 3.96. The Labute approximate surface area is 124 Å². The van der Waals surface area contributed by atoms with Crippen LogP contribution in [-0.4, -0.2) is 33.9 Å². The van der Waals surface area contributed by atoms with Crippen molar-refractivity contribution in [1.29, 1.82) is 0 Å². The molecular formula is C15H22N2O2S. The third-order valence-corrected chi connectivity index (χ3v) is 4.97. The summed E-state index contributed by atoms with van der Waals surface area (Å²) in [6.45, 7) is 2.26. The van der Waals surface area contributed by atoms with Crippen molar-refractivity contribution in [3.05, 3.63) is 24.5 Å². The summed E-state index contributed by atoms with van der Waals surface area (Å²) >= 11 is 1.49. The molecule has 5 heteroatoms. The lowest BCUT2D eigenvalue weighted by Gasteiger charge is -2.38. The first-order chi connectivity index (χ1) is 9.63. The molecule has 0 radical (unpaired) electrons. The van der Waals surface area contributed by atoms with Gasteiger partial charge in [-0.3, -0.25) is 9.78 Å². The summed E-state index contributed by atoms with van der Waals surface area (Å²) in [5, 5.41) is 12.7. The second-order valence-electron chi connectivity index (χ2n) is 5.64. The maximum absolute atomic E-state index is 12.1. The average molecular weight is 294 g/mol. The number of aliphatic hydroxyl groups excluding tert-OH is 1. The zero-order valence-corrected chi connectivity index (χ0v) is 12.7. The summed E-state index contributed by atoms with van der Waals surface area (Å²) in [4.78, 5) is 17.1. The van der Waals surface area contributed by atoms with Gasteiger partial charge in [0.25, 0.3) is 0 Å². The molecule has 1 heterocycles. The molecule has 1 fully saturated rings. The smallest absolute Gasteiger partial charge is 0.230 e. The van der Waals surface area contributed by atoms with Crippen LogP contribution in [0.1, 0.15) is 32.6 Å². The molecule has 0 unspecified atom stereocenters. The molecule has 110 valence electrons. The van der Waals surface area contributed by atoms with E-state index in [0.717, 1.165) is 30.6 Å². The van der Waals surface area contributed by atoms with E-state index < -0.39 is 5.54 Å². The highest BCUT2D eigenvalue weighted by atomic mass is 32.2. The minimum atomic E-state index is -0.400. The van der Waals surface area contributed by atoms with Crippen molar-refractivity contribution in [2.75, 3.05) is 12.4 Å². The van der Waals surface area contributed by atoms with E-state index >= 15 is 0 Å². The van der Waals surface area contributed by atoms with Gasteiger partial charge in [-0.15, -0.1) is 11.8 Å². The van der Waals surface area contributed by atoms with Gasteiger partial charge in [-0.2, -0.15) is 0 Å². The topological polar surface area (TPSA) is 62.2 Å². The van der Waals surface area contributed by atoms with Crippen LogP contribution in [0, 0.1) is 5.92 Å². The van der Waals surface area contributed by atoms with E-state index in [9.17, 15) is 9.90 Å². The second-order valence-corrected chi connectivity index (χ2v) is 6.69. The van der Waals surface area contributed by atoms with Crippen molar-refractivity contribution < 1.29 is 9.90 Å². The molecule has 1 aliphatic carbocycles. The van der Waals surface area contributed by atoms with E-state index in [1.807, 2.05) is 12.1 Å². The highest BCUT2D eigenvalue weighted by Crippen LogP contribution is 2.31. The number of aromatic nitrogens is 1. The van der Waals surface area contributed by atoms with Crippen LogP contribution in [0.5, 0.6) is 0 Å². The third kappa shape index (κ3) is 4.21. The number of carbonyl (C=O) groups is 1. The van der Waals surface area contributed by atoms with Crippen LogP contribution in [0.25, 0.3) is 0 Å². The van der Waals surface area contributed by atoms with E-state index in [0.29, 0.717) is 11.7 Å².